The minimum absolute atomic E-state index is 0.0305. The van der Waals surface area contributed by atoms with Gasteiger partial charge < -0.3 is 9.72 Å². The van der Waals surface area contributed by atoms with Crippen LogP contribution >= 0.6 is 11.8 Å². The number of para-hydroxylation sites is 1. The number of hydrogen-bond acceptors (Lipinski definition) is 6. The first-order valence-electron chi connectivity index (χ1n) is 8.02. The molecular formula is C19H16N2O5S. The van der Waals surface area contributed by atoms with Gasteiger partial charge in [0, 0.05) is 28.2 Å². The molecule has 0 saturated carbocycles. The zero-order valence-corrected chi connectivity index (χ0v) is 15.5. The van der Waals surface area contributed by atoms with Crippen molar-refractivity contribution in [1.29, 1.82) is 0 Å². The number of nitro groups is 1. The van der Waals surface area contributed by atoms with Crippen LogP contribution in [-0.2, 0) is 4.74 Å². The van der Waals surface area contributed by atoms with Gasteiger partial charge in [-0.3, -0.25) is 14.9 Å². The van der Waals surface area contributed by atoms with Crippen LogP contribution in [-0.4, -0.2) is 34.5 Å². The maximum Gasteiger partial charge on any atom is 0.338 e. The van der Waals surface area contributed by atoms with Crippen molar-refractivity contribution < 1.29 is 19.2 Å². The number of carbonyl (C=O) groups excluding carboxylic acids is 2. The average Bonchev–Trinajstić information content (AvgIpc) is 3.00. The molecule has 138 valence electrons. The third-order valence-corrected chi connectivity index (χ3v) is 4.90. The van der Waals surface area contributed by atoms with E-state index in [1.165, 1.54) is 23.9 Å². The van der Waals surface area contributed by atoms with E-state index in [0.29, 0.717) is 16.2 Å². The molecule has 0 atom stereocenters. The molecule has 1 heterocycles. The lowest BCUT2D eigenvalue weighted by molar-refractivity contribution is -0.387. The highest BCUT2D eigenvalue weighted by Crippen LogP contribution is 2.28. The summed E-state index contributed by atoms with van der Waals surface area (Å²) in [6.45, 7) is 1.33. The van der Waals surface area contributed by atoms with E-state index in [0.717, 1.165) is 17.0 Å². The van der Waals surface area contributed by atoms with E-state index >= 15 is 0 Å². The highest BCUT2D eigenvalue weighted by atomic mass is 32.2. The fourth-order valence-electron chi connectivity index (χ4n) is 2.88. The third-order valence-electron chi connectivity index (χ3n) is 4.12. The lowest BCUT2D eigenvalue weighted by Gasteiger charge is -2.06. The summed E-state index contributed by atoms with van der Waals surface area (Å²) >= 11 is 1.21. The fraction of sp³-hybridized carbons (Fsp3) is 0.158. The van der Waals surface area contributed by atoms with Gasteiger partial charge in [0.1, 0.15) is 0 Å². The van der Waals surface area contributed by atoms with E-state index in [2.05, 4.69) is 4.98 Å². The monoisotopic (exact) mass is 384 g/mol. The van der Waals surface area contributed by atoms with Gasteiger partial charge in [-0.1, -0.05) is 18.2 Å². The van der Waals surface area contributed by atoms with Crippen LogP contribution < -0.4 is 0 Å². The number of fused-ring (bicyclic) bond motifs is 1. The van der Waals surface area contributed by atoms with E-state index in [1.807, 2.05) is 24.3 Å². The molecule has 7 nitrogen and oxygen atoms in total. The van der Waals surface area contributed by atoms with Gasteiger partial charge in [0.15, 0.2) is 6.61 Å². The van der Waals surface area contributed by atoms with E-state index in [1.54, 1.807) is 13.2 Å². The minimum atomic E-state index is -0.781. The zero-order valence-electron chi connectivity index (χ0n) is 14.6. The number of Topliss-reactive ketones (excluding diaryl/α,β-unsaturated/α-hetero) is 1. The molecule has 8 heteroatoms. The molecule has 0 aliphatic carbocycles. The van der Waals surface area contributed by atoms with E-state index in [-0.39, 0.29) is 17.0 Å². The number of hydrogen-bond donors (Lipinski definition) is 1. The molecule has 0 saturated heterocycles. The third kappa shape index (κ3) is 3.70. The number of rotatable bonds is 6. The summed E-state index contributed by atoms with van der Waals surface area (Å²) in [6, 6.07) is 11.5. The molecule has 1 aromatic heterocycles. The number of nitro benzene ring substituents is 1. The largest absolute Gasteiger partial charge is 0.454 e. The zero-order chi connectivity index (χ0) is 19.6. The number of ketones is 1. The molecule has 0 radical (unpaired) electrons. The second kappa shape index (κ2) is 7.63. The van der Waals surface area contributed by atoms with Crippen molar-refractivity contribution in [3.63, 3.8) is 0 Å². The van der Waals surface area contributed by atoms with Crippen LogP contribution in [0.4, 0.5) is 5.69 Å². The van der Waals surface area contributed by atoms with Crippen molar-refractivity contribution in [2.75, 3.05) is 12.9 Å². The summed E-state index contributed by atoms with van der Waals surface area (Å²) in [4.78, 5) is 38.9. The van der Waals surface area contributed by atoms with E-state index in [9.17, 15) is 19.7 Å². The van der Waals surface area contributed by atoms with Gasteiger partial charge in [-0.15, -0.1) is 11.8 Å². The van der Waals surface area contributed by atoms with Crippen LogP contribution in [0.5, 0.6) is 0 Å². The molecule has 1 N–H and O–H groups in total. The number of esters is 1. The minimum Gasteiger partial charge on any atom is -0.454 e. The smallest absolute Gasteiger partial charge is 0.338 e. The number of nitrogens with one attached hydrogen (secondary N) is 1. The van der Waals surface area contributed by atoms with Gasteiger partial charge in [-0.05, 0) is 31.4 Å². The Balaban J connectivity index is 1.77. The Labute approximate surface area is 158 Å². The number of benzene rings is 2. The number of aromatic nitrogens is 1. The lowest BCUT2D eigenvalue weighted by Crippen LogP contribution is -2.15. The predicted molar refractivity (Wildman–Crippen MR) is 103 cm³/mol. The molecule has 3 aromatic rings. The summed E-state index contributed by atoms with van der Waals surface area (Å²) < 4.78 is 5.09. The molecule has 0 unspecified atom stereocenters. The SMILES string of the molecule is CSc1ccc(C(=O)OCC(=O)c2c(C)[nH]c3ccccc23)cc1[N+](=O)[O-]. The Hall–Kier alpha value is -3.13. The van der Waals surface area contributed by atoms with Gasteiger partial charge in [0.05, 0.1) is 15.4 Å². The Bertz CT molecular complexity index is 1060. The van der Waals surface area contributed by atoms with E-state index in [4.69, 9.17) is 4.74 Å². The van der Waals surface area contributed by atoms with Crippen LogP contribution in [0.15, 0.2) is 47.4 Å². The molecule has 0 amide bonds. The number of H-pyrrole nitrogens is 1. The van der Waals surface area contributed by atoms with Gasteiger partial charge in [0.2, 0.25) is 5.78 Å². The summed E-state index contributed by atoms with van der Waals surface area (Å²) in [7, 11) is 0. The Kier molecular flexibility index (Phi) is 5.27. The Morgan fingerprint density at radius 1 is 1.22 bits per heavy atom. The van der Waals surface area contributed by atoms with Gasteiger partial charge in [0.25, 0.3) is 5.69 Å². The van der Waals surface area contributed by atoms with Crippen molar-refractivity contribution in [3.05, 3.63) is 69.4 Å². The second-order valence-electron chi connectivity index (χ2n) is 5.81. The predicted octanol–water partition coefficient (Wildman–Crippen LogP) is 4.15. The van der Waals surface area contributed by atoms with Crippen LogP contribution in [0, 0.1) is 17.0 Å². The van der Waals surface area contributed by atoms with Gasteiger partial charge in [-0.25, -0.2) is 4.79 Å². The van der Waals surface area contributed by atoms with Crippen LogP contribution in [0.1, 0.15) is 26.4 Å². The van der Waals surface area contributed by atoms with Crippen molar-refractivity contribution >= 4 is 40.1 Å². The second-order valence-corrected chi connectivity index (χ2v) is 6.66. The highest BCUT2D eigenvalue weighted by molar-refractivity contribution is 7.98. The van der Waals surface area contributed by atoms with Crippen molar-refractivity contribution in [2.45, 2.75) is 11.8 Å². The molecule has 0 fully saturated rings. The topological polar surface area (TPSA) is 102 Å². The molecule has 0 aliphatic heterocycles. The molecule has 0 bridgehead atoms. The normalized spacial score (nSPS) is 10.7. The number of carbonyl (C=O) groups is 2. The van der Waals surface area contributed by atoms with Crippen LogP contribution in [0.3, 0.4) is 0 Å². The molecule has 27 heavy (non-hydrogen) atoms. The van der Waals surface area contributed by atoms with Gasteiger partial charge in [-0.2, -0.15) is 0 Å². The van der Waals surface area contributed by atoms with Crippen molar-refractivity contribution in [1.82, 2.24) is 4.98 Å². The van der Waals surface area contributed by atoms with Gasteiger partial charge >= 0.3 is 5.97 Å². The number of aromatic amines is 1. The molecule has 0 spiro atoms. The molecular weight excluding hydrogens is 368 g/mol. The fourth-order valence-corrected chi connectivity index (χ4v) is 3.43. The summed E-state index contributed by atoms with van der Waals surface area (Å²) in [5.74, 6) is -1.12. The number of thioether (sulfide) groups is 1. The Morgan fingerprint density at radius 2 is 1.96 bits per heavy atom. The molecule has 2 aromatic carbocycles. The first-order chi connectivity index (χ1) is 12.9. The quantitative estimate of drug-likeness (QED) is 0.225. The van der Waals surface area contributed by atoms with Crippen molar-refractivity contribution in [2.24, 2.45) is 0 Å². The molecule has 0 aliphatic rings. The first kappa shape index (κ1) is 18.7. The highest BCUT2D eigenvalue weighted by Gasteiger charge is 2.20. The standard InChI is InChI=1S/C19H16N2O5S/c1-11-18(13-5-3-4-6-14(13)20-11)16(22)10-26-19(23)12-7-8-17(27-2)15(9-12)21(24)25/h3-9,20H,10H2,1-2H3. The van der Waals surface area contributed by atoms with Crippen LogP contribution in [0.2, 0.25) is 0 Å². The Morgan fingerprint density at radius 3 is 2.67 bits per heavy atom. The van der Waals surface area contributed by atoms with E-state index < -0.39 is 17.5 Å². The summed E-state index contributed by atoms with van der Waals surface area (Å²) in [5, 5.41) is 11.9. The maximum atomic E-state index is 12.5. The number of aryl methyl sites for hydroxylation is 1. The first-order valence-corrected chi connectivity index (χ1v) is 9.25. The summed E-state index contributed by atoms with van der Waals surface area (Å²) in [5.41, 5.74) is 1.85. The van der Waals surface area contributed by atoms with Crippen LogP contribution in [0.25, 0.3) is 10.9 Å². The number of nitrogens with zero attached hydrogens (tertiary/aromatic N) is 1. The summed E-state index contributed by atoms with van der Waals surface area (Å²) in [6.07, 6.45) is 1.71. The lowest BCUT2D eigenvalue weighted by atomic mass is 10.1. The molecule has 3 rings (SSSR count). The van der Waals surface area contributed by atoms with Crippen molar-refractivity contribution in [3.8, 4) is 0 Å². The average molecular weight is 384 g/mol. The maximum absolute atomic E-state index is 12.5. The number of ether oxygens (including phenoxy) is 1.